The van der Waals surface area contributed by atoms with E-state index in [1.165, 1.54) is 0 Å². The van der Waals surface area contributed by atoms with E-state index in [1.54, 1.807) is 7.11 Å². The molecule has 1 heterocycles. The van der Waals surface area contributed by atoms with Crippen molar-refractivity contribution in [2.24, 2.45) is 0 Å². The first kappa shape index (κ1) is 11.1. The van der Waals surface area contributed by atoms with E-state index < -0.39 is 5.41 Å². The minimum absolute atomic E-state index is 0.0233. The van der Waals surface area contributed by atoms with Crippen molar-refractivity contribution in [3.05, 3.63) is 29.8 Å². The van der Waals surface area contributed by atoms with E-state index in [-0.39, 0.29) is 12.7 Å². The highest BCUT2D eigenvalue weighted by molar-refractivity contribution is 6.06. The van der Waals surface area contributed by atoms with Gasteiger partial charge in [0.25, 0.3) is 0 Å². The molecule has 4 nitrogen and oxygen atoms in total. The van der Waals surface area contributed by atoms with Crippen molar-refractivity contribution >= 4 is 11.6 Å². The van der Waals surface area contributed by atoms with Crippen molar-refractivity contribution in [2.75, 3.05) is 25.8 Å². The van der Waals surface area contributed by atoms with Gasteiger partial charge >= 0.3 is 0 Å². The average molecular weight is 221 g/mol. The molecule has 16 heavy (non-hydrogen) atoms. The Morgan fingerprint density at radius 2 is 2.12 bits per heavy atom. The Balaban J connectivity index is 2.23. The van der Waals surface area contributed by atoms with Gasteiger partial charge in [0.1, 0.15) is 6.79 Å². The van der Waals surface area contributed by atoms with Gasteiger partial charge in [-0.25, -0.2) is 0 Å². The summed E-state index contributed by atoms with van der Waals surface area (Å²) in [4.78, 5) is 11.9. The van der Waals surface area contributed by atoms with Gasteiger partial charge in [0.2, 0.25) is 5.91 Å². The summed E-state index contributed by atoms with van der Waals surface area (Å²) in [5.41, 5.74) is 1.24. The summed E-state index contributed by atoms with van der Waals surface area (Å²) < 4.78 is 10.1. The zero-order chi connectivity index (χ0) is 11.6. The Bertz CT molecular complexity index is 405. The molecule has 1 aromatic carbocycles. The number of ether oxygens (including phenoxy) is 2. The Hall–Kier alpha value is -1.39. The zero-order valence-electron chi connectivity index (χ0n) is 9.45. The number of carbonyl (C=O) groups is 1. The lowest BCUT2D eigenvalue weighted by Crippen LogP contribution is -2.36. The second-order valence-corrected chi connectivity index (χ2v) is 4.09. The van der Waals surface area contributed by atoms with Gasteiger partial charge in [-0.2, -0.15) is 0 Å². The van der Waals surface area contributed by atoms with E-state index in [1.807, 2.05) is 31.2 Å². The lowest BCUT2D eigenvalue weighted by atomic mass is 9.85. The van der Waals surface area contributed by atoms with Crippen molar-refractivity contribution < 1.29 is 14.3 Å². The molecular weight excluding hydrogens is 206 g/mol. The van der Waals surface area contributed by atoms with Crippen LogP contribution in [0.15, 0.2) is 24.3 Å². The normalized spacial score (nSPS) is 23.0. The second-order valence-electron chi connectivity index (χ2n) is 4.09. The van der Waals surface area contributed by atoms with Gasteiger partial charge in [0, 0.05) is 12.8 Å². The second kappa shape index (κ2) is 4.23. The average Bonchev–Trinajstić information content (AvgIpc) is 2.53. The molecule has 1 aliphatic heterocycles. The molecule has 86 valence electrons. The molecule has 0 saturated heterocycles. The first-order valence-electron chi connectivity index (χ1n) is 5.16. The number of amides is 1. The third-order valence-electron chi connectivity index (χ3n) is 2.86. The number of rotatable bonds is 4. The number of benzene rings is 1. The number of methoxy groups -OCH3 is 1. The number of carbonyl (C=O) groups excluding carboxylic acids is 1. The lowest BCUT2D eigenvalue weighted by molar-refractivity contribution is -0.124. The van der Waals surface area contributed by atoms with Crippen LogP contribution in [-0.4, -0.2) is 26.4 Å². The van der Waals surface area contributed by atoms with Crippen molar-refractivity contribution in [1.29, 1.82) is 0 Å². The molecule has 1 atom stereocenters. The fourth-order valence-electron chi connectivity index (χ4n) is 1.93. The fraction of sp³-hybridized carbons (Fsp3) is 0.417. The summed E-state index contributed by atoms with van der Waals surface area (Å²) in [6, 6.07) is 7.67. The van der Waals surface area contributed by atoms with Crippen LogP contribution < -0.4 is 5.32 Å². The minimum atomic E-state index is -0.616. The molecule has 0 radical (unpaired) electrons. The summed E-state index contributed by atoms with van der Waals surface area (Å²) in [6.07, 6.45) is 0. The van der Waals surface area contributed by atoms with E-state index in [0.717, 1.165) is 11.3 Å². The topological polar surface area (TPSA) is 47.6 Å². The zero-order valence-corrected chi connectivity index (χ0v) is 9.45. The summed E-state index contributed by atoms with van der Waals surface area (Å²) >= 11 is 0. The number of hydrogen-bond acceptors (Lipinski definition) is 3. The maximum absolute atomic E-state index is 11.9. The monoisotopic (exact) mass is 221 g/mol. The molecule has 1 aliphatic rings. The Morgan fingerprint density at radius 1 is 1.38 bits per heavy atom. The SMILES string of the molecule is COCOC[C@]1(C)C(=O)Nc2ccccc21. The van der Waals surface area contributed by atoms with Gasteiger partial charge in [-0.1, -0.05) is 18.2 Å². The van der Waals surface area contributed by atoms with E-state index >= 15 is 0 Å². The van der Waals surface area contributed by atoms with Crippen LogP contribution in [0, 0.1) is 0 Å². The van der Waals surface area contributed by atoms with E-state index in [4.69, 9.17) is 9.47 Å². The molecule has 0 unspecified atom stereocenters. The summed E-state index contributed by atoms with van der Waals surface area (Å²) in [7, 11) is 1.56. The fourth-order valence-corrected chi connectivity index (χ4v) is 1.93. The van der Waals surface area contributed by atoms with Crippen LogP contribution in [0.1, 0.15) is 12.5 Å². The highest BCUT2D eigenvalue weighted by Gasteiger charge is 2.42. The summed E-state index contributed by atoms with van der Waals surface area (Å²) in [5.74, 6) is -0.0233. The smallest absolute Gasteiger partial charge is 0.237 e. The molecule has 1 aromatic rings. The van der Waals surface area contributed by atoms with Crippen molar-refractivity contribution in [2.45, 2.75) is 12.3 Å². The maximum atomic E-state index is 11.9. The van der Waals surface area contributed by atoms with Crippen LogP contribution in [-0.2, 0) is 19.7 Å². The van der Waals surface area contributed by atoms with Gasteiger partial charge in [-0.3, -0.25) is 4.79 Å². The van der Waals surface area contributed by atoms with E-state index in [2.05, 4.69) is 5.32 Å². The Labute approximate surface area is 94.6 Å². The molecule has 1 amide bonds. The molecule has 4 heteroatoms. The summed E-state index contributed by atoms with van der Waals surface area (Å²) in [6.45, 7) is 2.40. The first-order valence-corrected chi connectivity index (χ1v) is 5.16. The number of fused-ring (bicyclic) bond motifs is 1. The van der Waals surface area contributed by atoms with Gasteiger partial charge in [0.05, 0.1) is 12.0 Å². The lowest BCUT2D eigenvalue weighted by Gasteiger charge is -2.21. The molecule has 1 N–H and O–H groups in total. The molecule has 0 saturated carbocycles. The highest BCUT2D eigenvalue weighted by Crippen LogP contribution is 2.37. The van der Waals surface area contributed by atoms with Crippen LogP contribution in [0.5, 0.6) is 0 Å². The molecule has 0 bridgehead atoms. The molecule has 0 fully saturated rings. The summed E-state index contributed by atoms with van der Waals surface area (Å²) in [5, 5.41) is 2.86. The van der Waals surface area contributed by atoms with Gasteiger partial charge in [0.15, 0.2) is 0 Å². The van der Waals surface area contributed by atoms with Crippen LogP contribution in [0.4, 0.5) is 5.69 Å². The van der Waals surface area contributed by atoms with Gasteiger partial charge in [-0.05, 0) is 18.6 Å². The molecular formula is C12H15NO3. The van der Waals surface area contributed by atoms with Crippen LogP contribution in [0.25, 0.3) is 0 Å². The number of anilines is 1. The largest absolute Gasteiger partial charge is 0.359 e. The van der Waals surface area contributed by atoms with E-state index in [9.17, 15) is 4.79 Å². The standard InChI is InChI=1S/C12H15NO3/c1-12(7-16-8-15-2)9-5-3-4-6-10(9)13-11(12)14/h3-6H,7-8H2,1-2H3,(H,13,14)/t12-/m0/s1. The van der Waals surface area contributed by atoms with Crippen LogP contribution in [0.3, 0.4) is 0 Å². The van der Waals surface area contributed by atoms with Crippen molar-refractivity contribution in [3.63, 3.8) is 0 Å². The quantitative estimate of drug-likeness (QED) is 0.619. The van der Waals surface area contributed by atoms with Gasteiger partial charge in [-0.15, -0.1) is 0 Å². The molecule has 0 spiro atoms. The third-order valence-corrected chi connectivity index (χ3v) is 2.86. The molecule has 0 aliphatic carbocycles. The van der Waals surface area contributed by atoms with Gasteiger partial charge < -0.3 is 14.8 Å². The Kier molecular flexibility index (Phi) is 2.94. The van der Waals surface area contributed by atoms with Crippen LogP contribution in [0.2, 0.25) is 0 Å². The third kappa shape index (κ3) is 1.70. The predicted molar refractivity (Wildman–Crippen MR) is 60.3 cm³/mol. The number of hydrogen-bond donors (Lipinski definition) is 1. The minimum Gasteiger partial charge on any atom is -0.359 e. The molecule has 0 aromatic heterocycles. The van der Waals surface area contributed by atoms with Crippen LogP contribution >= 0.6 is 0 Å². The highest BCUT2D eigenvalue weighted by atomic mass is 16.7. The molecule has 2 rings (SSSR count). The Morgan fingerprint density at radius 3 is 2.88 bits per heavy atom. The first-order chi connectivity index (χ1) is 7.68. The number of para-hydroxylation sites is 1. The predicted octanol–water partition coefficient (Wildman–Crippen LogP) is 1.52. The maximum Gasteiger partial charge on any atom is 0.237 e. The van der Waals surface area contributed by atoms with Crippen molar-refractivity contribution in [1.82, 2.24) is 0 Å². The van der Waals surface area contributed by atoms with E-state index in [0.29, 0.717) is 6.61 Å². The van der Waals surface area contributed by atoms with Crippen molar-refractivity contribution in [3.8, 4) is 0 Å². The number of nitrogens with one attached hydrogen (secondary N) is 1.